The first-order valence-electron chi connectivity index (χ1n) is 6.15. The Morgan fingerprint density at radius 2 is 2.24 bits per heavy atom. The molecule has 21 heavy (non-hydrogen) atoms. The Labute approximate surface area is 133 Å². The molecule has 3 rings (SSSR count). The van der Waals surface area contributed by atoms with Crippen molar-refractivity contribution in [3.05, 3.63) is 63.1 Å². The van der Waals surface area contributed by atoms with E-state index < -0.39 is 5.82 Å². The number of rotatable bonds is 3. The van der Waals surface area contributed by atoms with Crippen LogP contribution in [0.1, 0.15) is 15.9 Å². The molecule has 0 radical (unpaired) electrons. The monoisotopic (exact) mass is 366 g/mol. The number of ketones is 1. The Balaban J connectivity index is 2.00. The minimum atomic E-state index is -0.477. The quantitative estimate of drug-likeness (QED) is 0.691. The standard InChI is InChI=1S/C15H9BrClFN2O/c16-8-4-9-11(7-20-15(9)19-6-8)14(21)5-10-12(17)2-1-3-13(10)18/h1-4,6-7H,5H2,(H,19,20). The largest absolute Gasteiger partial charge is 0.345 e. The van der Waals surface area contributed by atoms with Crippen molar-refractivity contribution in [1.29, 1.82) is 0 Å². The number of carbonyl (C=O) groups excluding carboxylic acids is 1. The predicted octanol–water partition coefficient (Wildman–Crippen LogP) is 4.54. The number of fused-ring (bicyclic) bond motifs is 1. The summed E-state index contributed by atoms with van der Waals surface area (Å²) in [7, 11) is 0. The van der Waals surface area contributed by atoms with Crippen LogP contribution in [-0.2, 0) is 6.42 Å². The maximum absolute atomic E-state index is 13.8. The van der Waals surface area contributed by atoms with Crippen molar-refractivity contribution < 1.29 is 9.18 Å². The Kier molecular flexibility index (Phi) is 3.78. The SMILES string of the molecule is O=C(Cc1c(F)cccc1Cl)c1c[nH]c2ncc(Br)cc12. The van der Waals surface area contributed by atoms with Crippen LogP contribution in [0.2, 0.25) is 5.02 Å². The maximum atomic E-state index is 13.8. The van der Waals surface area contributed by atoms with E-state index in [-0.39, 0.29) is 22.8 Å². The molecule has 0 spiro atoms. The normalized spacial score (nSPS) is 11.0. The van der Waals surface area contributed by atoms with Gasteiger partial charge in [-0.25, -0.2) is 9.37 Å². The lowest BCUT2D eigenvalue weighted by molar-refractivity contribution is 0.0993. The van der Waals surface area contributed by atoms with Crippen LogP contribution in [0.4, 0.5) is 4.39 Å². The van der Waals surface area contributed by atoms with E-state index in [0.29, 0.717) is 16.6 Å². The molecule has 0 bridgehead atoms. The molecule has 1 N–H and O–H groups in total. The molecule has 3 nitrogen and oxygen atoms in total. The van der Waals surface area contributed by atoms with Gasteiger partial charge in [-0.15, -0.1) is 0 Å². The van der Waals surface area contributed by atoms with E-state index >= 15 is 0 Å². The van der Waals surface area contributed by atoms with Gasteiger partial charge in [0.25, 0.3) is 0 Å². The molecular formula is C15H9BrClFN2O. The molecule has 0 unspecified atom stereocenters. The van der Waals surface area contributed by atoms with Crippen molar-refractivity contribution in [3.63, 3.8) is 0 Å². The number of hydrogen-bond acceptors (Lipinski definition) is 2. The Hall–Kier alpha value is -1.72. The number of Topliss-reactive ketones (excluding diaryl/α,β-unsaturated/α-hetero) is 1. The first-order valence-corrected chi connectivity index (χ1v) is 7.32. The molecule has 0 amide bonds. The summed E-state index contributed by atoms with van der Waals surface area (Å²) in [5, 5.41) is 0.948. The van der Waals surface area contributed by atoms with Crippen molar-refractivity contribution in [2.24, 2.45) is 0 Å². The number of aromatic amines is 1. The highest BCUT2D eigenvalue weighted by Crippen LogP contribution is 2.25. The molecule has 106 valence electrons. The number of halogens is 3. The van der Waals surface area contributed by atoms with E-state index in [9.17, 15) is 9.18 Å². The van der Waals surface area contributed by atoms with Crippen molar-refractivity contribution in [1.82, 2.24) is 9.97 Å². The molecule has 0 atom stereocenters. The fraction of sp³-hybridized carbons (Fsp3) is 0.0667. The van der Waals surface area contributed by atoms with E-state index in [1.165, 1.54) is 12.1 Å². The summed E-state index contributed by atoms with van der Waals surface area (Å²) in [6.45, 7) is 0. The van der Waals surface area contributed by atoms with E-state index in [4.69, 9.17) is 11.6 Å². The molecule has 1 aromatic carbocycles. The van der Waals surface area contributed by atoms with Crippen LogP contribution in [0.15, 0.2) is 41.1 Å². The third-order valence-electron chi connectivity index (χ3n) is 3.20. The Morgan fingerprint density at radius 3 is 3.00 bits per heavy atom. The van der Waals surface area contributed by atoms with E-state index in [0.717, 1.165) is 4.47 Å². The Morgan fingerprint density at radius 1 is 1.43 bits per heavy atom. The molecule has 0 aliphatic carbocycles. The summed E-state index contributed by atoms with van der Waals surface area (Å²) in [6, 6.07) is 6.18. The first kappa shape index (κ1) is 14.2. The molecule has 0 saturated carbocycles. The number of H-pyrrole nitrogens is 1. The van der Waals surface area contributed by atoms with Crippen LogP contribution >= 0.6 is 27.5 Å². The van der Waals surface area contributed by atoms with Gasteiger partial charge >= 0.3 is 0 Å². The van der Waals surface area contributed by atoms with Crippen molar-refractivity contribution in [3.8, 4) is 0 Å². The van der Waals surface area contributed by atoms with Crippen LogP contribution in [0.25, 0.3) is 11.0 Å². The van der Waals surface area contributed by atoms with Gasteiger partial charge in [-0.2, -0.15) is 0 Å². The molecule has 2 heterocycles. The number of hydrogen-bond donors (Lipinski definition) is 1. The second-order valence-corrected chi connectivity index (χ2v) is 5.88. The fourth-order valence-corrected chi connectivity index (χ4v) is 2.73. The molecule has 0 aliphatic rings. The van der Waals surface area contributed by atoms with E-state index in [1.807, 2.05) is 0 Å². The summed E-state index contributed by atoms with van der Waals surface area (Å²) in [6.07, 6.45) is 3.13. The topological polar surface area (TPSA) is 45.8 Å². The van der Waals surface area contributed by atoms with Crippen LogP contribution in [0.5, 0.6) is 0 Å². The average molecular weight is 368 g/mol. The van der Waals surface area contributed by atoms with E-state index in [1.54, 1.807) is 24.5 Å². The summed E-state index contributed by atoms with van der Waals surface area (Å²) in [4.78, 5) is 19.5. The summed E-state index contributed by atoms with van der Waals surface area (Å²) in [5.74, 6) is -0.692. The maximum Gasteiger partial charge on any atom is 0.169 e. The molecular weight excluding hydrogens is 359 g/mol. The second kappa shape index (κ2) is 5.58. The van der Waals surface area contributed by atoms with Gasteiger partial charge in [-0.05, 0) is 34.1 Å². The highest BCUT2D eigenvalue weighted by molar-refractivity contribution is 9.10. The minimum Gasteiger partial charge on any atom is -0.345 e. The lowest BCUT2D eigenvalue weighted by atomic mass is 10.0. The van der Waals surface area contributed by atoms with Crippen LogP contribution in [-0.4, -0.2) is 15.8 Å². The van der Waals surface area contributed by atoms with Gasteiger partial charge in [0, 0.05) is 44.8 Å². The van der Waals surface area contributed by atoms with Crippen LogP contribution < -0.4 is 0 Å². The van der Waals surface area contributed by atoms with Crippen molar-refractivity contribution in [2.75, 3.05) is 0 Å². The lowest BCUT2D eigenvalue weighted by Gasteiger charge is -2.04. The van der Waals surface area contributed by atoms with Gasteiger partial charge in [0.1, 0.15) is 11.5 Å². The number of pyridine rings is 1. The van der Waals surface area contributed by atoms with Crippen molar-refractivity contribution >= 4 is 44.3 Å². The zero-order valence-electron chi connectivity index (χ0n) is 10.7. The zero-order chi connectivity index (χ0) is 15.0. The van der Waals surface area contributed by atoms with Gasteiger partial charge in [-0.1, -0.05) is 17.7 Å². The molecule has 0 saturated heterocycles. The minimum absolute atomic E-state index is 0.0923. The number of nitrogens with zero attached hydrogens (tertiary/aromatic N) is 1. The summed E-state index contributed by atoms with van der Waals surface area (Å²) in [5.41, 5.74) is 1.29. The fourth-order valence-electron chi connectivity index (χ4n) is 2.17. The third-order valence-corrected chi connectivity index (χ3v) is 3.98. The molecule has 3 aromatic rings. The first-order chi connectivity index (χ1) is 10.1. The summed E-state index contributed by atoms with van der Waals surface area (Å²) < 4.78 is 14.5. The average Bonchev–Trinajstić information content (AvgIpc) is 2.86. The van der Waals surface area contributed by atoms with Gasteiger partial charge in [0.05, 0.1) is 0 Å². The summed E-state index contributed by atoms with van der Waals surface area (Å²) >= 11 is 9.28. The molecule has 2 aromatic heterocycles. The number of aromatic nitrogens is 2. The van der Waals surface area contributed by atoms with Gasteiger partial charge in [0.2, 0.25) is 0 Å². The van der Waals surface area contributed by atoms with Gasteiger partial charge in [0.15, 0.2) is 5.78 Å². The zero-order valence-corrected chi connectivity index (χ0v) is 13.0. The van der Waals surface area contributed by atoms with Crippen molar-refractivity contribution in [2.45, 2.75) is 6.42 Å². The number of nitrogens with one attached hydrogen (secondary N) is 1. The number of carbonyl (C=O) groups is 1. The van der Waals surface area contributed by atoms with Crippen LogP contribution in [0.3, 0.4) is 0 Å². The predicted molar refractivity (Wildman–Crippen MR) is 83.2 cm³/mol. The smallest absolute Gasteiger partial charge is 0.169 e. The lowest BCUT2D eigenvalue weighted by Crippen LogP contribution is -2.05. The molecule has 0 fully saturated rings. The van der Waals surface area contributed by atoms with Gasteiger partial charge < -0.3 is 4.98 Å². The molecule has 0 aliphatic heterocycles. The Bertz CT molecular complexity index is 827. The third kappa shape index (κ3) is 2.71. The van der Waals surface area contributed by atoms with Gasteiger partial charge in [-0.3, -0.25) is 4.79 Å². The highest BCUT2D eigenvalue weighted by atomic mass is 79.9. The second-order valence-electron chi connectivity index (χ2n) is 4.55. The highest BCUT2D eigenvalue weighted by Gasteiger charge is 2.17. The number of benzene rings is 1. The van der Waals surface area contributed by atoms with Crippen LogP contribution in [0, 0.1) is 5.82 Å². The van der Waals surface area contributed by atoms with E-state index in [2.05, 4.69) is 25.9 Å². The molecule has 6 heteroatoms.